The van der Waals surface area contributed by atoms with Crippen LogP contribution in [-0.2, 0) is 11.2 Å². The summed E-state index contributed by atoms with van der Waals surface area (Å²) in [6.07, 6.45) is 3.60. The normalized spacial score (nSPS) is 14.1. The van der Waals surface area contributed by atoms with Gasteiger partial charge in [0.2, 0.25) is 5.91 Å². The number of aliphatic hydroxyl groups is 1. The summed E-state index contributed by atoms with van der Waals surface area (Å²) in [6.45, 7) is 4.09. The van der Waals surface area contributed by atoms with Gasteiger partial charge in [0.15, 0.2) is 0 Å². The standard InChI is InChI=1S/C23H30BrN3O3/c1-15(2)9-17(22(29)25-3)12-21(28)20(10-16-7-5-4-6-8-16)27-23(30)18-11-19(24)14-26-13-18/h4-8,11,13-15,17,20-21,28H,9-10,12H2,1-3H3,(H,25,29)(H,27,30)/t17-,20+,21+/m1/s1. The van der Waals surface area contributed by atoms with Crippen LogP contribution in [0.25, 0.3) is 0 Å². The smallest absolute Gasteiger partial charge is 0.253 e. The van der Waals surface area contributed by atoms with Crippen LogP contribution in [0.4, 0.5) is 0 Å². The van der Waals surface area contributed by atoms with Crippen molar-refractivity contribution in [2.45, 2.75) is 45.3 Å². The molecular weight excluding hydrogens is 446 g/mol. The van der Waals surface area contributed by atoms with Crippen LogP contribution in [0, 0.1) is 11.8 Å². The number of hydrogen-bond donors (Lipinski definition) is 3. The first-order valence-corrected chi connectivity index (χ1v) is 10.9. The molecule has 3 atom stereocenters. The Bertz CT molecular complexity index is 829. The van der Waals surface area contributed by atoms with E-state index in [1.807, 2.05) is 44.2 Å². The lowest BCUT2D eigenvalue weighted by molar-refractivity contribution is -0.126. The number of rotatable bonds is 10. The van der Waals surface area contributed by atoms with Gasteiger partial charge in [-0.15, -0.1) is 0 Å². The van der Waals surface area contributed by atoms with E-state index in [2.05, 4.69) is 31.5 Å². The van der Waals surface area contributed by atoms with Crippen molar-refractivity contribution in [1.29, 1.82) is 0 Å². The third-order valence-electron chi connectivity index (χ3n) is 4.95. The van der Waals surface area contributed by atoms with E-state index >= 15 is 0 Å². The van der Waals surface area contributed by atoms with Crippen LogP contribution in [0.1, 0.15) is 42.6 Å². The molecule has 0 aliphatic heterocycles. The Morgan fingerprint density at radius 3 is 2.43 bits per heavy atom. The molecule has 0 unspecified atom stereocenters. The number of carbonyl (C=O) groups excluding carboxylic acids is 2. The zero-order valence-corrected chi connectivity index (χ0v) is 19.2. The summed E-state index contributed by atoms with van der Waals surface area (Å²) in [5.74, 6) is -0.421. The first kappa shape index (κ1) is 24.0. The van der Waals surface area contributed by atoms with E-state index in [9.17, 15) is 14.7 Å². The second-order valence-electron chi connectivity index (χ2n) is 7.91. The molecule has 1 heterocycles. The van der Waals surface area contributed by atoms with Crippen LogP contribution in [0.5, 0.6) is 0 Å². The molecule has 1 aromatic carbocycles. The van der Waals surface area contributed by atoms with Gasteiger partial charge in [0.1, 0.15) is 0 Å². The number of benzene rings is 1. The molecule has 1 aromatic heterocycles. The quantitative estimate of drug-likeness (QED) is 0.491. The van der Waals surface area contributed by atoms with Gasteiger partial charge >= 0.3 is 0 Å². The Labute approximate surface area is 186 Å². The molecule has 162 valence electrons. The highest BCUT2D eigenvalue weighted by molar-refractivity contribution is 9.10. The van der Waals surface area contributed by atoms with Gasteiger partial charge in [-0.25, -0.2) is 0 Å². The fraction of sp³-hybridized carbons (Fsp3) is 0.435. The maximum atomic E-state index is 12.8. The number of halogens is 1. The van der Waals surface area contributed by atoms with E-state index < -0.39 is 12.1 Å². The third-order valence-corrected chi connectivity index (χ3v) is 5.38. The number of hydrogen-bond acceptors (Lipinski definition) is 4. The van der Waals surface area contributed by atoms with Crippen LogP contribution in [0.2, 0.25) is 0 Å². The highest BCUT2D eigenvalue weighted by atomic mass is 79.9. The Morgan fingerprint density at radius 2 is 1.83 bits per heavy atom. The van der Waals surface area contributed by atoms with Crippen molar-refractivity contribution in [3.8, 4) is 0 Å². The lowest BCUT2D eigenvalue weighted by Gasteiger charge is -2.28. The molecule has 0 saturated carbocycles. The van der Waals surface area contributed by atoms with Crippen molar-refractivity contribution in [3.63, 3.8) is 0 Å². The number of aliphatic hydroxyl groups excluding tert-OH is 1. The molecule has 3 N–H and O–H groups in total. The number of pyridine rings is 1. The molecule has 2 aromatic rings. The number of nitrogens with one attached hydrogen (secondary N) is 2. The summed E-state index contributed by atoms with van der Waals surface area (Å²) in [5, 5.41) is 16.7. The Hall–Kier alpha value is -2.25. The predicted octanol–water partition coefficient (Wildman–Crippen LogP) is 3.34. The highest BCUT2D eigenvalue weighted by Crippen LogP contribution is 2.21. The van der Waals surface area contributed by atoms with E-state index in [1.165, 1.54) is 6.20 Å². The lowest BCUT2D eigenvalue weighted by Crippen LogP contribution is -2.46. The van der Waals surface area contributed by atoms with Crippen molar-refractivity contribution in [3.05, 3.63) is 64.4 Å². The van der Waals surface area contributed by atoms with E-state index in [-0.39, 0.29) is 24.2 Å². The average molecular weight is 476 g/mol. The molecule has 0 bridgehead atoms. The lowest BCUT2D eigenvalue weighted by atomic mass is 9.87. The molecule has 0 spiro atoms. The minimum atomic E-state index is -0.879. The van der Waals surface area contributed by atoms with Crippen LogP contribution in [-0.4, -0.2) is 41.1 Å². The van der Waals surface area contributed by atoms with Gasteiger partial charge in [-0.3, -0.25) is 14.6 Å². The molecule has 0 saturated heterocycles. The van der Waals surface area contributed by atoms with Crippen molar-refractivity contribution in [2.24, 2.45) is 11.8 Å². The summed E-state index contributed by atoms with van der Waals surface area (Å²) in [4.78, 5) is 29.1. The van der Waals surface area contributed by atoms with Gasteiger partial charge in [0.05, 0.1) is 17.7 Å². The van der Waals surface area contributed by atoms with Crippen molar-refractivity contribution in [1.82, 2.24) is 15.6 Å². The molecule has 30 heavy (non-hydrogen) atoms. The van der Waals surface area contributed by atoms with Crippen LogP contribution in [0.15, 0.2) is 53.3 Å². The van der Waals surface area contributed by atoms with E-state index in [0.29, 0.717) is 28.8 Å². The van der Waals surface area contributed by atoms with Gasteiger partial charge in [-0.2, -0.15) is 0 Å². The number of aromatic nitrogens is 1. The van der Waals surface area contributed by atoms with E-state index in [0.717, 1.165) is 5.56 Å². The van der Waals surface area contributed by atoms with Crippen molar-refractivity contribution < 1.29 is 14.7 Å². The van der Waals surface area contributed by atoms with Gasteiger partial charge in [0, 0.05) is 29.8 Å². The first-order chi connectivity index (χ1) is 14.3. The van der Waals surface area contributed by atoms with Gasteiger partial charge in [0.25, 0.3) is 5.91 Å². The fourth-order valence-electron chi connectivity index (χ4n) is 3.48. The molecule has 0 aliphatic carbocycles. The maximum absolute atomic E-state index is 12.8. The number of amides is 2. The molecule has 0 radical (unpaired) electrons. The number of carbonyl (C=O) groups is 2. The topological polar surface area (TPSA) is 91.3 Å². The summed E-state index contributed by atoms with van der Waals surface area (Å²) < 4.78 is 0.701. The minimum absolute atomic E-state index is 0.0938. The summed E-state index contributed by atoms with van der Waals surface area (Å²) >= 11 is 3.32. The third kappa shape index (κ3) is 7.54. The molecule has 7 heteroatoms. The van der Waals surface area contributed by atoms with Gasteiger partial charge in [-0.05, 0) is 52.7 Å². The van der Waals surface area contributed by atoms with Crippen LogP contribution in [0.3, 0.4) is 0 Å². The van der Waals surface area contributed by atoms with E-state index in [4.69, 9.17) is 0 Å². The Kier molecular flexibility index (Phi) is 9.46. The van der Waals surface area contributed by atoms with Crippen LogP contribution < -0.4 is 10.6 Å². The molecule has 2 rings (SSSR count). The van der Waals surface area contributed by atoms with E-state index in [1.54, 1.807) is 19.3 Å². The second kappa shape index (κ2) is 11.8. The molecule has 0 aliphatic rings. The van der Waals surface area contributed by atoms with Gasteiger partial charge < -0.3 is 15.7 Å². The van der Waals surface area contributed by atoms with Crippen LogP contribution >= 0.6 is 15.9 Å². The SMILES string of the molecule is CNC(=O)[C@H](CC(C)C)C[C@H](O)[C@H](Cc1ccccc1)NC(=O)c1cncc(Br)c1. The Balaban J connectivity index is 2.20. The van der Waals surface area contributed by atoms with Crippen molar-refractivity contribution in [2.75, 3.05) is 7.05 Å². The summed E-state index contributed by atoms with van der Waals surface area (Å²) in [5.41, 5.74) is 1.40. The monoisotopic (exact) mass is 475 g/mol. The Morgan fingerprint density at radius 1 is 1.13 bits per heavy atom. The first-order valence-electron chi connectivity index (χ1n) is 10.1. The maximum Gasteiger partial charge on any atom is 0.253 e. The predicted molar refractivity (Wildman–Crippen MR) is 121 cm³/mol. The summed E-state index contributed by atoms with van der Waals surface area (Å²) in [7, 11) is 1.60. The van der Waals surface area contributed by atoms with Gasteiger partial charge in [-0.1, -0.05) is 44.2 Å². The summed E-state index contributed by atoms with van der Waals surface area (Å²) in [6, 6.07) is 10.8. The largest absolute Gasteiger partial charge is 0.391 e. The van der Waals surface area contributed by atoms with Crippen molar-refractivity contribution >= 4 is 27.7 Å². The highest BCUT2D eigenvalue weighted by Gasteiger charge is 2.28. The number of nitrogens with zero attached hydrogens (tertiary/aromatic N) is 1. The molecule has 0 fully saturated rings. The molecule has 6 nitrogen and oxygen atoms in total. The fourth-order valence-corrected chi connectivity index (χ4v) is 3.84. The second-order valence-corrected chi connectivity index (χ2v) is 8.82. The molecule has 2 amide bonds. The zero-order valence-electron chi connectivity index (χ0n) is 17.6. The average Bonchev–Trinajstić information content (AvgIpc) is 2.72. The minimum Gasteiger partial charge on any atom is -0.391 e. The molecular formula is C23H30BrN3O3. The zero-order chi connectivity index (χ0) is 22.1.